The summed E-state index contributed by atoms with van der Waals surface area (Å²) >= 11 is 3.54. The molecule has 0 aliphatic carbocycles. The molecule has 5 aromatic carbocycles. The molecule has 5 aromatic rings. The molecule has 0 saturated heterocycles. The molecule has 0 aromatic heterocycles. The van der Waals surface area contributed by atoms with Gasteiger partial charge < -0.3 is 0 Å². The molecule has 132 valence electrons. The number of halogens is 1. The van der Waals surface area contributed by atoms with E-state index >= 15 is 0 Å². The van der Waals surface area contributed by atoms with Gasteiger partial charge >= 0.3 is 0 Å². The average Bonchev–Trinajstić information content (AvgIpc) is 2.65. The zero-order valence-corrected chi connectivity index (χ0v) is 17.4. The van der Waals surface area contributed by atoms with Crippen molar-refractivity contribution in [1.29, 1.82) is 0 Å². The minimum absolute atomic E-state index is 0.146. The predicted octanol–water partition coefficient (Wildman–Crippen LogP) is 8.31. The maximum atomic E-state index is 3.54. The van der Waals surface area contributed by atoms with Gasteiger partial charge in [-0.05, 0) is 66.6 Å². The zero-order chi connectivity index (χ0) is 18.8. The van der Waals surface area contributed by atoms with Gasteiger partial charge in [-0.2, -0.15) is 0 Å². The van der Waals surface area contributed by atoms with Crippen molar-refractivity contribution in [3.05, 3.63) is 82.8 Å². The smallest absolute Gasteiger partial charge is 0.0175 e. The van der Waals surface area contributed by atoms with Gasteiger partial charge in [-0.1, -0.05) is 97.4 Å². The minimum atomic E-state index is 0.146. The van der Waals surface area contributed by atoms with Gasteiger partial charge in [-0.15, -0.1) is 0 Å². The lowest BCUT2D eigenvalue weighted by atomic mass is 9.83. The zero-order valence-electron chi connectivity index (χ0n) is 15.8. The molecule has 0 unspecified atom stereocenters. The van der Waals surface area contributed by atoms with E-state index < -0.39 is 0 Å². The van der Waals surface area contributed by atoms with E-state index in [2.05, 4.69) is 109 Å². The molecule has 0 heterocycles. The van der Waals surface area contributed by atoms with Crippen LogP contribution in [0.4, 0.5) is 0 Å². The van der Waals surface area contributed by atoms with Crippen molar-refractivity contribution in [2.75, 3.05) is 0 Å². The highest BCUT2D eigenvalue weighted by molar-refractivity contribution is 9.10. The monoisotopic (exact) mass is 412 g/mol. The largest absolute Gasteiger partial charge is 0.0561 e. The Morgan fingerprint density at radius 2 is 1.22 bits per heavy atom. The Balaban J connectivity index is 1.89. The molecule has 1 heteroatoms. The van der Waals surface area contributed by atoms with E-state index in [-0.39, 0.29) is 5.41 Å². The van der Waals surface area contributed by atoms with Crippen molar-refractivity contribution in [2.45, 2.75) is 26.2 Å². The maximum Gasteiger partial charge on any atom is 0.0175 e. The van der Waals surface area contributed by atoms with Crippen LogP contribution in [0.1, 0.15) is 26.3 Å². The number of hydrogen-bond donors (Lipinski definition) is 0. The molecule has 0 saturated carbocycles. The summed E-state index contributed by atoms with van der Waals surface area (Å²) in [4.78, 5) is 0. The van der Waals surface area contributed by atoms with E-state index in [1.165, 1.54) is 49.0 Å². The third-order valence-corrected chi connectivity index (χ3v) is 6.15. The summed E-state index contributed by atoms with van der Waals surface area (Å²) < 4.78 is 1.11. The van der Waals surface area contributed by atoms with E-state index in [1.807, 2.05) is 0 Å². The molecule has 0 atom stereocenters. The Kier molecular flexibility index (Phi) is 3.61. The SMILES string of the molecule is CC(C)(C)c1cc2ccc3ccc(-c4ccc(Br)cc4)c4ccc(c1)c2c34. The first-order valence-electron chi connectivity index (χ1n) is 9.40. The van der Waals surface area contributed by atoms with Crippen LogP contribution in [0.5, 0.6) is 0 Å². The van der Waals surface area contributed by atoms with Crippen LogP contribution < -0.4 is 0 Å². The Morgan fingerprint density at radius 1 is 0.630 bits per heavy atom. The second-order valence-corrected chi connectivity index (χ2v) is 9.36. The summed E-state index contributed by atoms with van der Waals surface area (Å²) in [6.45, 7) is 6.85. The van der Waals surface area contributed by atoms with Crippen LogP contribution in [0.3, 0.4) is 0 Å². The van der Waals surface area contributed by atoms with E-state index in [1.54, 1.807) is 0 Å². The Labute approximate surface area is 168 Å². The maximum absolute atomic E-state index is 3.54. The summed E-state index contributed by atoms with van der Waals surface area (Å²) in [5.41, 5.74) is 4.09. The molecule has 0 aliphatic heterocycles. The Hall–Kier alpha value is -2.38. The first kappa shape index (κ1) is 16.8. The van der Waals surface area contributed by atoms with Gasteiger partial charge in [-0.25, -0.2) is 0 Å². The van der Waals surface area contributed by atoms with E-state index in [4.69, 9.17) is 0 Å². The fourth-order valence-electron chi connectivity index (χ4n) is 4.13. The van der Waals surface area contributed by atoms with Gasteiger partial charge in [0, 0.05) is 4.47 Å². The molecule has 5 rings (SSSR count). The van der Waals surface area contributed by atoms with Gasteiger partial charge in [0.15, 0.2) is 0 Å². The molecule has 0 radical (unpaired) electrons. The molecule has 0 bridgehead atoms. The first-order valence-corrected chi connectivity index (χ1v) is 10.2. The number of hydrogen-bond acceptors (Lipinski definition) is 0. The molecular weight excluding hydrogens is 392 g/mol. The Bertz CT molecular complexity index is 1270. The third-order valence-electron chi connectivity index (χ3n) is 5.62. The van der Waals surface area contributed by atoms with E-state index in [0.717, 1.165) is 4.47 Å². The number of benzene rings is 5. The average molecular weight is 413 g/mol. The summed E-state index contributed by atoms with van der Waals surface area (Å²) in [6, 6.07) is 27.0. The first-order chi connectivity index (χ1) is 12.9. The normalized spacial score (nSPS) is 12.4. The topological polar surface area (TPSA) is 0 Å². The van der Waals surface area contributed by atoms with Crippen LogP contribution in [0, 0.1) is 0 Å². The summed E-state index contributed by atoms with van der Waals surface area (Å²) in [5, 5.41) is 8.08. The fraction of sp³-hybridized carbons (Fsp3) is 0.154. The lowest BCUT2D eigenvalue weighted by Crippen LogP contribution is -2.10. The van der Waals surface area contributed by atoms with Gasteiger partial charge in [0.2, 0.25) is 0 Å². The van der Waals surface area contributed by atoms with Crippen molar-refractivity contribution in [3.63, 3.8) is 0 Å². The highest BCUT2D eigenvalue weighted by Gasteiger charge is 2.17. The van der Waals surface area contributed by atoms with Crippen molar-refractivity contribution >= 4 is 48.2 Å². The van der Waals surface area contributed by atoms with E-state index in [0.29, 0.717) is 0 Å². The summed E-state index contributed by atoms with van der Waals surface area (Å²) in [5.74, 6) is 0. The van der Waals surface area contributed by atoms with Crippen molar-refractivity contribution in [1.82, 2.24) is 0 Å². The Morgan fingerprint density at radius 3 is 1.89 bits per heavy atom. The lowest BCUT2D eigenvalue weighted by molar-refractivity contribution is 0.591. The minimum Gasteiger partial charge on any atom is -0.0561 e. The number of rotatable bonds is 1. The van der Waals surface area contributed by atoms with Crippen LogP contribution in [0.25, 0.3) is 43.4 Å². The van der Waals surface area contributed by atoms with Crippen molar-refractivity contribution in [3.8, 4) is 11.1 Å². The fourth-order valence-corrected chi connectivity index (χ4v) is 4.40. The molecular formula is C26H21Br. The van der Waals surface area contributed by atoms with Crippen LogP contribution in [-0.2, 0) is 5.41 Å². The van der Waals surface area contributed by atoms with Crippen molar-refractivity contribution in [2.24, 2.45) is 0 Å². The van der Waals surface area contributed by atoms with Crippen LogP contribution in [0.2, 0.25) is 0 Å². The summed E-state index contributed by atoms with van der Waals surface area (Å²) in [6.07, 6.45) is 0. The van der Waals surface area contributed by atoms with Gasteiger partial charge in [0.1, 0.15) is 0 Å². The van der Waals surface area contributed by atoms with Crippen molar-refractivity contribution < 1.29 is 0 Å². The second kappa shape index (κ2) is 5.81. The third kappa shape index (κ3) is 2.64. The molecule has 0 spiro atoms. The second-order valence-electron chi connectivity index (χ2n) is 8.44. The molecule has 0 nitrogen and oxygen atoms in total. The molecule has 27 heavy (non-hydrogen) atoms. The standard InChI is InChI=1S/C26H21Br/c1-26(2,3)20-14-18-5-4-17-8-12-22(16-6-10-21(27)11-7-16)23-13-9-19(15-20)24(18)25(17)23/h4-15H,1-3H3. The lowest BCUT2D eigenvalue weighted by Gasteiger charge is -2.22. The predicted molar refractivity (Wildman–Crippen MR) is 122 cm³/mol. The van der Waals surface area contributed by atoms with E-state index in [9.17, 15) is 0 Å². The van der Waals surface area contributed by atoms with Gasteiger partial charge in [0.25, 0.3) is 0 Å². The van der Waals surface area contributed by atoms with Crippen LogP contribution in [0.15, 0.2) is 77.3 Å². The van der Waals surface area contributed by atoms with Crippen LogP contribution >= 0.6 is 15.9 Å². The molecule has 0 amide bonds. The molecule has 0 N–H and O–H groups in total. The molecule has 0 fully saturated rings. The molecule has 0 aliphatic rings. The van der Waals surface area contributed by atoms with Gasteiger partial charge in [0.05, 0.1) is 0 Å². The van der Waals surface area contributed by atoms with Crippen LogP contribution in [-0.4, -0.2) is 0 Å². The highest BCUT2D eigenvalue weighted by atomic mass is 79.9. The highest BCUT2D eigenvalue weighted by Crippen LogP contribution is 2.41. The van der Waals surface area contributed by atoms with Gasteiger partial charge in [-0.3, -0.25) is 0 Å². The quantitative estimate of drug-likeness (QED) is 0.242. The summed E-state index contributed by atoms with van der Waals surface area (Å²) in [7, 11) is 0.